The molecule has 0 aromatic carbocycles. The minimum atomic E-state index is 0.324. The molecule has 3 N–H and O–H groups in total. The first-order valence-corrected chi connectivity index (χ1v) is 6.24. The molecule has 0 amide bonds. The second kappa shape index (κ2) is 6.11. The van der Waals surface area contributed by atoms with Crippen molar-refractivity contribution in [2.75, 3.05) is 13.1 Å². The van der Waals surface area contributed by atoms with Crippen LogP contribution < -0.4 is 5.73 Å². The van der Waals surface area contributed by atoms with Gasteiger partial charge in [0.05, 0.1) is 5.84 Å². The Bertz CT molecular complexity index is 195. The van der Waals surface area contributed by atoms with Crippen molar-refractivity contribution >= 4 is 5.84 Å². The Balaban J connectivity index is 2.32. The third kappa shape index (κ3) is 4.65. The maximum atomic E-state index is 7.27. The number of nitrogens with one attached hydrogen (secondary N) is 1. The molecule has 15 heavy (non-hydrogen) atoms. The average Bonchev–Trinajstić information content (AvgIpc) is 3.02. The summed E-state index contributed by atoms with van der Waals surface area (Å²) >= 11 is 0. The van der Waals surface area contributed by atoms with Gasteiger partial charge in [-0.2, -0.15) is 0 Å². The molecule has 0 aliphatic heterocycles. The highest BCUT2D eigenvalue weighted by molar-refractivity contribution is 5.76. The molecule has 1 fully saturated rings. The molecule has 3 heteroatoms. The van der Waals surface area contributed by atoms with E-state index in [2.05, 4.69) is 18.7 Å². The zero-order valence-electron chi connectivity index (χ0n) is 10.1. The molecular formula is C12H25N3. The Morgan fingerprint density at radius 1 is 1.40 bits per heavy atom. The largest absolute Gasteiger partial charge is 0.388 e. The molecule has 88 valence electrons. The molecule has 0 aromatic heterocycles. The van der Waals surface area contributed by atoms with E-state index in [-0.39, 0.29) is 0 Å². The maximum Gasteiger partial charge on any atom is 0.0918 e. The van der Waals surface area contributed by atoms with Crippen LogP contribution in [-0.2, 0) is 0 Å². The standard InChI is InChI=1S/C12H25N3/c1-3-10(4-2)9-15(11-5-6-11)8-7-12(13)14/h10-11H,3-9H2,1-2H3,(H3,13,14). The van der Waals surface area contributed by atoms with Crippen LogP contribution in [0.4, 0.5) is 0 Å². The smallest absolute Gasteiger partial charge is 0.0918 e. The SMILES string of the molecule is CCC(CC)CN(CCC(=N)N)C1CC1. The highest BCUT2D eigenvalue weighted by Gasteiger charge is 2.29. The van der Waals surface area contributed by atoms with E-state index in [4.69, 9.17) is 11.1 Å². The Kier molecular flexibility index (Phi) is 5.09. The van der Waals surface area contributed by atoms with Gasteiger partial charge >= 0.3 is 0 Å². The summed E-state index contributed by atoms with van der Waals surface area (Å²) in [5.41, 5.74) is 5.41. The highest BCUT2D eigenvalue weighted by atomic mass is 15.2. The molecule has 0 atom stereocenters. The lowest BCUT2D eigenvalue weighted by molar-refractivity contribution is 0.220. The lowest BCUT2D eigenvalue weighted by atomic mass is 10.0. The summed E-state index contributed by atoms with van der Waals surface area (Å²) in [5.74, 6) is 1.14. The number of hydrogen-bond acceptors (Lipinski definition) is 2. The Labute approximate surface area is 93.5 Å². The van der Waals surface area contributed by atoms with Gasteiger partial charge in [0.15, 0.2) is 0 Å². The summed E-state index contributed by atoms with van der Waals surface area (Å²) in [6.45, 7) is 6.72. The van der Waals surface area contributed by atoms with Crippen molar-refractivity contribution in [1.82, 2.24) is 4.90 Å². The van der Waals surface area contributed by atoms with Gasteiger partial charge < -0.3 is 5.73 Å². The molecule has 0 radical (unpaired) electrons. The van der Waals surface area contributed by atoms with Crippen molar-refractivity contribution in [1.29, 1.82) is 5.41 Å². The third-order valence-electron chi connectivity index (χ3n) is 3.38. The zero-order chi connectivity index (χ0) is 11.3. The second-order valence-electron chi connectivity index (χ2n) is 4.68. The van der Waals surface area contributed by atoms with E-state index in [1.54, 1.807) is 0 Å². The molecule has 0 unspecified atom stereocenters. The van der Waals surface area contributed by atoms with Crippen LogP contribution in [-0.4, -0.2) is 29.9 Å². The monoisotopic (exact) mass is 211 g/mol. The predicted octanol–water partition coefficient (Wildman–Crippen LogP) is 2.21. The van der Waals surface area contributed by atoms with Crippen LogP contribution in [0, 0.1) is 11.3 Å². The molecule has 1 aliphatic rings. The van der Waals surface area contributed by atoms with E-state index in [9.17, 15) is 0 Å². The Morgan fingerprint density at radius 2 is 2.00 bits per heavy atom. The van der Waals surface area contributed by atoms with Gasteiger partial charge in [0.2, 0.25) is 0 Å². The van der Waals surface area contributed by atoms with Crippen molar-refractivity contribution in [3.05, 3.63) is 0 Å². The Morgan fingerprint density at radius 3 is 2.40 bits per heavy atom. The van der Waals surface area contributed by atoms with Gasteiger partial charge in [0.1, 0.15) is 0 Å². The minimum Gasteiger partial charge on any atom is -0.388 e. The zero-order valence-corrected chi connectivity index (χ0v) is 10.1. The van der Waals surface area contributed by atoms with E-state index in [1.807, 2.05) is 0 Å². The number of rotatable bonds is 8. The molecule has 0 heterocycles. The lowest BCUT2D eigenvalue weighted by Gasteiger charge is -2.26. The molecule has 0 bridgehead atoms. The maximum absolute atomic E-state index is 7.27. The fraction of sp³-hybridized carbons (Fsp3) is 0.917. The normalized spacial score (nSPS) is 16.3. The first kappa shape index (κ1) is 12.5. The molecular weight excluding hydrogens is 186 g/mol. The van der Waals surface area contributed by atoms with E-state index in [0.29, 0.717) is 5.84 Å². The van der Waals surface area contributed by atoms with E-state index >= 15 is 0 Å². The van der Waals surface area contributed by atoms with Gasteiger partial charge in [0.25, 0.3) is 0 Å². The van der Waals surface area contributed by atoms with Crippen LogP contribution in [0.2, 0.25) is 0 Å². The van der Waals surface area contributed by atoms with Crippen LogP contribution in [0.15, 0.2) is 0 Å². The summed E-state index contributed by atoms with van der Waals surface area (Å²) in [4.78, 5) is 2.54. The minimum absolute atomic E-state index is 0.324. The number of nitrogens with zero attached hydrogens (tertiary/aromatic N) is 1. The molecule has 3 nitrogen and oxygen atoms in total. The van der Waals surface area contributed by atoms with Gasteiger partial charge in [-0.1, -0.05) is 26.7 Å². The summed E-state index contributed by atoms with van der Waals surface area (Å²) < 4.78 is 0. The summed E-state index contributed by atoms with van der Waals surface area (Å²) in [6, 6.07) is 0.796. The van der Waals surface area contributed by atoms with Gasteiger partial charge in [-0.05, 0) is 18.8 Å². The quantitative estimate of drug-likeness (QED) is 0.478. The van der Waals surface area contributed by atoms with Gasteiger partial charge in [-0.3, -0.25) is 10.3 Å². The average molecular weight is 211 g/mol. The van der Waals surface area contributed by atoms with Crippen molar-refractivity contribution in [2.45, 2.75) is 52.0 Å². The topological polar surface area (TPSA) is 53.1 Å². The van der Waals surface area contributed by atoms with Crippen molar-refractivity contribution in [3.63, 3.8) is 0 Å². The lowest BCUT2D eigenvalue weighted by Crippen LogP contribution is -2.34. The molecule has 1 rings (SSSR count). The van der Waals surface area contributed by atoms with Crippen LogP contribution in [0.5, 0.6) is 0 Å². The number of amidine groups is 1. The van der Waals surface area contributed by atoms with Crippen LogP contribution in [0.25, 0.3) is 0 Å². The van der Waals surface area contributed by atoms with E-state index < -0.39 is 0 Å². The van der Waals surface area contributed by atoms with Crippen molar-refractivity contribution in [2.24, 2.45) is 11.7 Å². The third-order valence-corrected chi connectivity index (χ3v) is 3.38. The fourth-order valence-corrected chi connectivity index (χ4v) is 2.01. The van der Waals surface area contributed by atoms with Crippen LogP contribution in [0.3, 0.4) is 0 Å². The Hall–Kier alpha value is -0.570. The van der Waals surface area contributed by atoms with E-state index in [1.165, 1.54) is 32.2 Å². The van der Waals surface area contributed by atoms with Gasteiger partial charge in [-0.25, -0.2) is 0 Å². The first-order chi connectivity index (χ1) is 7.17. The molecule has 1 saturated carbocycles. The van der Waals surface area contributed by atoms with Crippen molar-refractivity contribution in [3.8, 4) is 0 Å². The number of nitrogens with two attached hydrogens (primary N) is 1. The summed E-state index contributed by atoms with van der Waals surface area (Å²) in [6.07, 6.45) is 5.95. The van der Waals surface area contributed by atoms with Crippen LogP contribution in [0.1, 0.15) is 46.0 Å². The van der Waals surface area contributed by atoms with E-state index in [0.717, 1.165) is 24.9 Å². The molecule has 1 aliphatic carbocycles. The number of hydrogen-bond donors (Lipinski definition) is 2. The molecule has 0 spiro atoms. The molecule has 0 aromatic rings. The molecule has 0 saturated heterocycles. The fourth-order valence-electron chi connectivity index (χ4n) is 2.01. The van der Waals surface area contributed by atoms with Crippen LogP contribution >= 0.6 is 0 Å². The first-order valence-electron chi connectivity index (χ1n) is 6.24. The van der Waals surface area contributed by atoms with Crippen molar-refractivity contribution < 1.29 is 0 Å². The summed E-state index contributed by atoms with van der Waals surface area (Å²) in [7, 11) is 0. The highest BCUT2D eigenvalue weighted by Crippen LogP contribution is 2.28. The van der Waals surface area contributed by atoms with Gasteiger partial charge in [-0.15, -0.1) is 0 Å². The second-order valence-corrected chi connectivity index (χ2v) is 4.68. The summed E-state index contributed by atoms with van der Waals surface area (Å²) in [5, 5.41) is 7.27. The predicted molar refractivity (Wildman–Crippen MR) is 65.2 cm³/mol. The van der Waals surface area contributed by atoms with Gasteiger partial charge in [0, 0.05) is 25.6 Å².